The molecule has 1 N–H and O–H groups in total. The lowest BCUT2D eigenvalue weighted by Crippen LogP contribution is -2.49. The molecule has 3 rings (SSSR count). The van der Waals surface area contributed by atoms with E-state index in [1.807, 2.05) is 12.1 Å². The van der Waals surface area contributed by atoms with Crippen LogP contribution in [-0.2, 0) is 6.42 Å². The van der Waals surface area contributed by atoms with E-state index >= 15 is 0 Å². The van der Waals surface area contributed by atoms with Gasteiger partial charge in [-0.15, -0.1) is 0 Å². The summed E-state index contributed by atoms with van der Waals surface area (Å²) < 4.78 is 0. The Hall–Kier alpha value is -2.00. The smallest absolute Gasteiger partial charge is 0.115 e. The van der Waals surface area contributed by atoms with E-state index in [9.17, 15) is 5.11 Å². The van der Waals surface area contributed by atoms with Gasteiger partial charge in [0.15, 0.2) is 0 Å². The first-order chi connectivity index (χ1) is 12.0. The van der Waals surface area contributed by atoms with Gasteiger partial charge < -0.3 is 10.0 Å². The minimum atomic E-state index is 0.347. The number of piperazine rings is 1. The van der Waals surface area contributed by atoms with E-state index in [1.54, 1.807) is 12.1 Å². The number of phenolic OH excluding ortho intramolecular Hbond substituents is 1. The van der Waals surface area contributed by atoms with E-state index in [0.29, 0.717) is 11.8 Å². The van der Waals surface area contributed by atoms with Crippen LogP contribution in [0.15, 0.2) is 42.5 Å². The fourth-order valence-electron chi connectivity index (χ4n) is 3.68. The highest BCUT2D eigenvalue weighted by Crippen LogP contribution is 2.24. The molecule has 0 aliphatic carbocycles. The fraction of sp³-hybridized carbons (Fsp3) is 0.455. The van der Waals surface area contributed by atoms with Crippen LogP contribution in [0.25, 0.3) is 0 Å². The van der Waals surface area contributed by atoms with E-state index in [4.69, 9.17) is 0 Å². The van der Waals surface area contributed by atoms with Gasteiger partial charge >= 0.3 is 0 Å². The first-order valence-corrected chi connectivity index (χ1v) is 9.37. The van der Waals surface area contributed by atoms with Crippen molar-refractivity contribution in [2.24, 2.45) is 0 Å². The van der Waals surface area contributed by atoms with Crippen molar-refractivity contribution in [2.45, 2.75) is 39.7 Å². The van der Waals surface area contributed by atoms with Crippen molar-refractivity contribution in [3.8, 4) is 5.75 Å². The largest absolute Gasteiger partial charge is 0.508 e. The lowest BCUT2D eigenvalue weighted by Gasteiger charge is -2.39. The summed E-state index contributed by atoms with van der Waals surface area (Å²) in [5.74, 6) is 0.347. The minimum Gasteiger partial charge on any atom is -0.508 e. The number of aryl methyl sites for hydroxylation is 3. The minimum absolute atomic E-state index is 0.347. The van der Waals surface area contributed by atoms with Crippen molar-refractivity contribution in [3.63, 3.8) is 0 Å². The van der Waals surface area contributed by atoms with Crippen LogP contribution < -0.4 is 4.90 Å². The van der Waals surface area contributed by atoms with Gasteiger partial charge in [-0.25, -0.2) is 0 Å². The quantitative estimate of drug-likeness (QED) is 0.887. The second kappa shape index (κ2) is 7.92. The summed E-state index contributed by atoms with van der Waals surface area (Å²) >= 11 is 0. The monoisotopic (exact) mass is 338 g/mol. The average molecular weight is 338 g/mol. The molecule has 1 unspecified atom stereocenters. The summed E-state index contributed by atoms with van der Waals surface area (Å²) in [7, 11) is 0. The molecular formula is C22H30N2O. The molecule has 1 fully saturated rings. The van der Waals surface area contributed by atoms with Crippen molar-refractivity contribution in [1.29, 1.82) is 0 Å². The van der Waals surface area contributed by atoms with E-state index in [0.717, 1.165) is 39.0 Å². The zero-order valence-corrected chi connectivity index (χ0v) is 15.7. The Morgan fingerprint density at radius 3 is 2.32 bits per heavy atom. The molecule has 1 aliphatic heterocycles. The van der Waals surface area contributed by atoms with Crippen molar-refractivity contribution in [2.75, 3.05) is 31.1 Å². The Labute approximate surface area is 151 Å². The molecule has 0 bridgehead atoms. The van der Waals surface area contributed by atoms with Gasteiger partial charge in [0.2, 0.25) is 0 Å². The van der Waals surface area contributed by atoms with Crippen LogP contribution >= 0.6 is 0 Å². The highest BCUT2D eigenvalue weighted by Gasteiger charge is 2.22. The predicted octanol–water partition coefficient (Wildman–Crippen LogP) is 4.15. The predicted molar refractivity (Wildman–Crippen MR) is 106 cm³/mol. The SMILES string of the molecule is Cc1ccc(C)c(N2CCN(C(C)CCc3ccc(O)cc3)CC2)c1. The summed E-state index contributed by atoms with van der Waals surface area (Å²) in [5, 5.41) is 9.38. The third kappa shape index (κ3) is 4.55. The lowest BCUT2D eigenvalue weighted by atomic mass is 10.0. The summed E-state index contributed by atoms with van der Waals surface area (Å²) in [4.78, 5) is 5.15. The van der Waals surface area contributed by atoms with Gasteiger partial charge in [0.1, 0.15) is 5.75 Å². The van der Waals surface area contributed by atoms with E-state index in [2.05, 4.69) is 48.8 Å². The van der Waals surface area contributed by atoms with Crippen LogP contribution in [0.4, 0.5) is 5.69 Å². The number of phenols is 1. The Kier molecular flexibility index (Phi) is 5.64. The van der Waals surface area contributed by atoms with E-state index < -0.39 is 0 Å². The molecule has 1 aliphatic rings. The molecular weight excluding hydrogens is 308 g/mol. The van der Waals surface area contributed by atoms with Crippen molar-refractivity contribution >= 4 is 5.69 Å². The molecule has 3 nitrogen and oxygen atoms in total. The zero-order chi connectivity index (χ0) is 17.8. The summed E-state index contributed by atoms with van der Waals surface area (Å²) in [6.07, 6.45) is 2.23. The molecule has 0 saturated carbocycles. The number of nitrogens with zero attached hydrogens (tertiary/aromatic N) is 2. The van der Waals surface area contributed by atoms with Crippen LogP contribution in [-0.4, -0.2) is 42.2 Å². The molecule has 25 heavy (non-hydrogen) atoms. The fourth-order valence-corrected chi connectivity index (χ4v) is 3.68. The Balaban J connectivity index is 1.51. The molecule has 0 radical (unpaired) electrons. The molecule has 134 valence electrons. The zero-order valence-electron chi connectivity index (χ0n) is 15.7. The van der Waals surface area contributed by atoms with Gasteiger partial charge in [-0.2, -0.15) is 0 Å². The summed E-state index contributed by atoms with van der Waals surface area (Å²) in [6.45, 7) is 11.2. The van der Waals surface area contributed by atoms with E-state index in [1.165, 1.54) is 22.4 Å². The molecule has 2 aromatic carbocycles. The second-order valence-electron chi connectivity index (χ2n) is 7.37. The van der Waals surface area contributed by atoms with Crippen LogP contribution in [0.1, 0.15) is 30.0 Å². The number of hydrogen-bond acceptors (Lipinski definition) is 3. The molecule has 0 aromatic heterocycles. The van der Waals surface area contributed by atoms with Crippen molar-refractivity contribution in [1.82, 2.24) is 4.90 Å². The Morgan fingerprint density at radius 1 is 0.960 bits per heavy atom. The number of benzene rings is 2. The molecule has 3 heteroatoms. The molecule has 1 atom stereocenters. The first kappa shape index (κ1) is 17.8. The maximum absolute atomic E-state index is 9.38. The van der Waals surface area contributed by atoms with Crippen LogP contribution in [0, 0.1) is 13.8 Å². The second-order valence-corrected chi connectivity index (χ2v) is 7.37. The third-order valence-corrected chi connectivity index (χ3v) is 5.43. The molecule has 1 heterocycles. The highest BCUT2D eigenvalue weighted by molar-refractivity contribution is 5.55. The topological polar surface area (TPSA) is 26.7 Å². The Bertz CT molecular complexity index is 688. The standard InChI is InChI=1S/C22H30N2O/c1-17-4-5-18(2)22(16-17)24-14-12-23(13-15-24)19(3)6-7-20-8-10-21(25)11-9-20/h4-5,8-11,16,19,25H,6-7,12-15H2,1-3H3. The van der Waals surface area contributed by atoms with Gasteiger partial charge in [-0.05, 0) is 68.5 Å². The molecule has 0 spiro atoms. The van der Waals surface area contributed by atoms with Gasteiger partial charge in [0, 0.05) is 37.9 Å². The van der Waals surface area contributed by atoms with Gasteiger partial charge in [0.05, 0.1) is 0 Å². The summed E-state index contributed by atoms with van der Waals surface area (Å²) in [5.41, 5.74) is 5.42. The van der Waals surface area contributed by atoms with Crippen molar-refractivity contribution < 1.29 is 5.11 Å². The third-order valence-electron chi connectivity index (χ3n) is 5.43. The average Bonchev–Trinajstić information content (AvgIpc) is 2.63. The summed E-state index contributed by atoms with van der Waals surface area (Å²) in [6, 6.07) is 15.0. The van der Waals surface area contributed by atoms with E-state index in [-0.39, 0.29) is 0 Å². The lowest BCUT2D eigenvalue weighted by molar-refractivity contribution is 0.188. The molecule has 0 amide bonds. The Morgan fingerprint density at radius 2 is 1.64 bits per heavy atom. The van der Waals surface area contributed by atoms with Gasteiger partial charge in [-0.1, -0.05) is 24.3 Å². The maximum Gasteiger partial charge on any atom is 0.115 e. The number of aromatic hydroxyl groups is 1. The van der Waals surface area contributed by atoms with Gasteiger partial charge in [-0.3, -0.25) is 4.90 Å². The van der Waals surface area contributed by atoms with Crippen LogP contribution in [0.3, 0.4) is 0 Å². The maximum atomic E-state index is 9.38. The molecule has 2 aromatic rings. The van der Waals surface area contributed by atoms with Gasteiger partial charge in [0.25, 0.3) is 0 Å². The molecule has 1 saturated heterocycles. The van der Waals surface area contributed by atoms with Crippen LogP contribution in [0.2, 0.25) is 0 Å². The number of rotatable bonds is 5. The highest BCUT2D eigenvalue weighted by atomic mass is 16.3. The number of anilines is 1. The van der Waals surface area contributed by atoms with Crippen molar-refractivity contribution in [3.05, 3.63) is 59.2 Å². The van der Waals surface area contributed by atoms with Crippen LogP contribution in [0.5, 0.6) is 5.75 Å². The first-order valence-electron chi connectivity index (χ1n) is 9.37. The normalized spacial score (nSPS) is 16.8. The number of hydrogen-bond donors (Lipinski definition) is 1.